The van der Waals surface area contributed by atoms with Crippen LogP contribution in [0.3, 0.4) is 0 Å². The zero-order chi connectivity index (χ0) is 10.8. The minimum Gasteiger partial charge on any atom is -0.338 e. The first-order valence-corrected chi connectivity index (χ1v) is 5.24. The zero-order valence-electron chi connectivity index (χ0n) is 8.58. The summed E-state index contributed by atoms with van der Waals surface area (Å²) < 4.78 is 6.66. The molecule has 0 N–H and O–H groups in total. The Morgan fingerprint density at radius 1 is 1.47 bits per heavy atom. The van der Waals surface area contributed by atoms with Gasteiger partial charge in [-0.1, -0.05) is 16.9 Å². The second-order valence-electron chi connectivity index (χ2n) is 3.02. The summed E-state index contributed by atoms with van der Waals surface area (Å²) in [5, 5.41) is 15.6. The van der Waals surface area contributed by atoms with Crippen LogP contribution in [0, 0.1) is 6.92 Å². The van der Waals surface area contributed by atoms with Crippen molar-refractivity contribution in [1.82, 2.24) is 30.3 Å². The standard InChI is InChI=1S/C7H10N6OS/c1-4(6-8-5(2)10-14-6)15-7-9-11-12-13(7)3/h4H,1-3H3. The Morgan fingerprint density at radius 3 is 2.80 bits per heavy atom. The van der Waals surface area contributed by atoms with Crippen LogP contribution in [0.4, 0.5) is 0 Å². The zero-order valence-corrected chi connectivity index (χ0v) is 9.39. The van der Waals surface area contributed by atoms with E-state index in [1.54, 1.807) is 18.7 Å². The van der Waals surface area contributed by atoms with Crippen LogP contribution in [0.2, 0.25) is 0 Å². The summed E-state index contributed by atoms with van der Waals surface area (Å²) in [4.78, 5) is 4.14. The molecule has 1 atom stereocenters. The number of hydrogen-bond donors (Lipinski definition) is 0. The number of hydrogen-bond acceptors (Lipinski definition) is 7. The maximum absolute atomic E-state index is 5.05. The maximum atomic E-state index is 5.05. The molecule has 0 fully saturated rings. The van der Waals surface area contributed by atoms with Gasteiger partial charge >= 0.3 is 0 Å². The van der Waals surface area contributed by atoms with E-state index in [1.807, 2.05) is 6.92 Å². The fourth-order valence-electron chi connectivity index (χ4n) is 1.01. The summed E-state index contributed by atoms with van der Waals surface area (Å²) in [6.45, 7) is 3.75. The predicted molar refractivity (Wildman–Crippen MR) is 52.1 cm³/mol. The predicted octanol–water partition coefficient (Wildman–Crippen LogP) is 0.755. The lowest BCUT2D eigenvalue weighted by atomic mass is 10.5. The monoisotopic (exact) mass is 226 g/mol. The average molecular weight is 226 g/mol. The van der Waals surface area contributed by atoms with Crippen LogP contribution >= 0.6 is 11.8 Å². The van der Waals surface area contributed by atoms with E-state index in [9.17, 15) is 0 Å². The highest BCUT2D eigenvalue weighted by Gasteiger charge is 2.17. The molecule has 2 aromatic rings. The van der Waals surface area contributed by atoms with E-state index in [4.69, 9.17) is 4.52 Å². The highest BCUT2D eigenvalue weighted by molar-refractivity contribution is 7.99. The number of tetrazole rings is 1. The molecule has 7 nitrogen and oxygen atoms in total. The van der Waals surface area contributed by atoms with Gasteiger partial charge in [-0.25, -0.2) is 4.68 Å². The molecule has 0 saturated heterocycles. The van der Waals surface area contributed by atoms with Crippen molar-refractivity contribution in [3.8, 4) is 0 Å². The first-order valence-electron chi connectivity index (χ1n) is 4.36. The van der Waals surface area contributed by atoms with Gasteiger partial charge in [0.2, 0.25) is 11.0 Å². The van der Waals surface area contributed by atoms with E-state index >= 15 is 0 Å². The fraction of sp³-hybridized carbons (Fsp3) is 0.571. The smallest absolute Gasteiger partial charge is 0.239 e. The first-order chi connectivity index (χ1) is 7.16. The molecular formula is C7H10N6OS. The number of nitrogens with zero attached hydrogens (tertiary/aromatic N) is 6. The van der Waals surface area contributed by atoms with Gasteiger partial charge in [-0.2, -0.15) is 4.98 Å². The number of aromatic nitrogens is 6. The number of thioether (sulfide) groups is 1. The van der Waals surface area contributed by atoms with Gasteiger partial charge in [0.05, 0.1) is 5.25 Å². The van der Waals surface area contributed by atoms with Crippen LogP contribution in [0.5, 0.6) is 0 Å². The Hall–Kier alpha value is -1.44. The highest BCUT2D eigenvalue weighted by Crippen LogP contribution is 2.31. The Kier molecular flexibility index (Phi) is 2.67. The van der Waals surface area contributed by atoms with Gasteiger partial charge in [-0.05, 0) is 24.3 Å². The van der Waals surface area contributed by atoms with E-state index in [0.717, 1.165) is 5.16 Å². The normalized spacial score (nSPS) is 13.0. The molecule has 2 heterocycles. The Morgan fingerprint density at radius 2 is 2.27 bits per heavy atom. The molecule has 0 bridgehead atoms. The summed E-state index contributed by atoms with van der Waals surface area (Å²) >= 11 is 1.47. The van der Waals surface area contributed by atoms with Crippen molar-refractivity contribution in [3.05, 3.63) is 11.7 Å². The van der Waals surface area contributed by atoms with Crippen molar-refractivity contribution in [2.45, 2.75) is 24.3 Å². The molecule has 8 heteroatoms. The second kappa shape index (κ2) is 3.97. The van der Waals surface area contributed by atoms with Crippen molar-refractivity contribution < 1.29 is 4.52 Å². The molecule has 0 aromatic carbocycles. The van der Waals surface area contributed by atoms with Crippen molar-refractivity contribution in [3.63, 3.8) is 0 Å². The average Bonchev–Trinajstić information content (AvgIpc) is 2.77. The molecule has 0 aliphatic carbocycles. The summed E-state index contributed by atoms with van der Waals surface area (Å²) in [5.74, 6) is 1.22. The van der Waals surface area contributed by atoms with Crippen LogP contribution in [-0.4, -0.2) is 30.3 Å². The third-order valence-electron chi connectivity index (χ3n) is 1.75. The van der Waals surface area contributed by atoms with Gasteiger partial charge in [0.1, 0.15) is 0 Å². The summed E-state index contributed by atoms with van der Waals surface area (Å²) in [7, 11) is 1.79. The maximum Gasteiger partial charge on any atom is 0.239 e. The molecular weight excluding hydrogens is 216 g/mol. The quantitative estimate of drug-likeness (QED) is 0.714. The molecule has 2 rings (SSSR count). The van der Waals surface area contributed by atoms with Crippen molar-refractivity contribution in [1.29, 1.82) is 0 Å². The van der Waals surface area contributed by atoms with Crippen LogP contribution in [0.15, 0.2) is 9.68 Å². The van der Waals surface area contributed by atoms with E-state index in [1.165, 1.54) is 11.8 Å². The van der Waals surface area contributed by atoms with Gasteiger partial charge in [-0.15, -0.1) is 5.10 Å². The van der Waals surface area contributed by atoms with Crippen LogP contribution < -0.4 is 0 Å². The van der Waals surface area contributed by atoms with Crippen LogP contribution in [0.1, 0.15) is 23.9 Å². The summed E-state index contributed by atoms with van der Waals surface area (Å²) in [6, 6.07) is 0. The van der Waals surface area contributed by atoms with Crippen LogP contribution in [-0.2, 0) is 7.05 Å². The molecule has 0 saturated carbocycles. The van der Waals surface area contributed by atoms with Gasteiger partial charge in [0.15, 0.2) is 5.82 Å². The molecule has 0 radical (unpaired) electrons. The molecule has 15 heavy (non-hydrogen) atoms. The Labute approximate surface area is 90.2 Å². The van der Waals surface area contributed by atoms with Gasteiger partial charge in [-0.3, -0.25) is 0 Å². The Balaban J connectivity index is 2.10. The highest BCUT2D eigenvalue weighted by atomic mass is 32.2. The van der Waals surface area contributed by atoms with Crippen molar-refractivity contribution in [2.75, 3.05) is 0 Å². The third kappa shape index (κ3) is 2.14. The summed E-state index contributed by atoms with van der Waals surface area (Å²) in [5.41, 5.74) is 0. The molecule has 80 valence electrons. The number of aryl methyl sites for hydroxylation is 2. The fourth-order valence-corrected chi connectivity index (χ4v) is 1.79. The van der Waals surface area contributed by atoms with E-state index in [2.05, 4.69) is 25.7 Å². The largest absolute Gasteiger partial charge is 0.338 e. The van der Waals surface area contributed by atoms with E-state index in [0.29, 0.717) is 11.7 Å². The topological polar surface area (TPSA) is 82.5 Å². The van der Waals surface area contributed by atoms with Crippen molar-refractivity contribution >= 4 is 11.8 Å². The minimum absolute atomic E-state index is 0.0379. The second-order valence-corrected chi connectivity index (χ2v) is 4.33. The summed E-state index contributed by atoms with van der Waals surface area (Å²) in [6.07, 6.45) is 0. The number of rotatable bonds is 3. The third-order valence-corrected chi connectivity index (χ3v) is 2.87. The molecule has 1 unspecified atom stereocenters. The SMILES string of the molecule is Cc1noc(C(C)Sc2nnnn2C)n1. The molecule has 2 aromatic heterocycles. The lowest BCUT2D eigenvalue weighted by molar-refractivity contribution is 0.376. The van der Waals surface area contributed by atoms with E-state index in [-0.39, 0.29) is 5.25 Å². The Bertz CT molecular complexity index is 452. The molecule has 0 aliphatic rings. The lowest BCUT2D eigenvalue weighted by Crippen LogP contribution is -1.96. The molecule has 0 amide bonds. The first kappa shape index (κ1) is 10.1. The van der Waals surface area contributed by atoms with Gasteiger partial charge in [0, 0.05) is 7.05 Å². The minimum atomic E-state index is 0.0379. The van der Waals surface area contributed by atoms with Gasteiger partial charge in [0.25, 0.3) is 0 Å². The van der Waals surface area contributed by atoms with Gasteiger partial charge < -0.3 is 4.52 Å². The van der Waals surface area contributed by atoms with Crippen LogP contribution in [0.25, 0.3) is 0 Å². The molecule has 0 spiro atoms. The van der Waals surface area contributed by atoms with Crippen molar-refractivity contribution in [2.24, 2.45) is 7.05 Å². The lowest BCUT2D eigenvalue weighted by Gasteiger charge is -2.03. The van der Waals surface area contributed by atoms with E-state index < -0.39 is 0 Å². The molecule has 0 aliphatic heterocycles.